The highest BCUT2D eigenvalue weighted by Crippen LogP contribution is 2.24. The molecule has 1 saturated heterocycles. The Morgan fingerprint density at radius 1 is 0.805 bits per heavy atom. The molecule has 3 atom stereocenters. The topological polar surface area (TPSA) is 78.5 Å². The van der Waals surface area contributed by atoms with Crippen molar-refractivity contribution < 1.29 is 14.4 Å². The molecule has 1 aliphatic heterocycles. The second-order valence-corrected chi connectivity index (χ2v) is 11.6. The van der Waals surface area contributed by atoms with Gasteiger partial charge < -0.3 is 15.5 Å². The number of hydrogen-bond acceptors (Lipinski definition) is 4. The van der Waals surface area contributed by atoms with E-state index in [1.165, 1.54) is 0 Å². The first kappa shape index (κ1) is 32.1. The van der Waals surface area contributed by atoms with E-state index in [1.54, 1.807) is 6.92 Å². The monoisotopic (exact) mass is 559 g/mol. The van der Waals surface area contributed by atoms with Gasteiger partial charge in [-0.3, -0.25) is 14.4 Å². The number of amides is 2. The number of allylic oxidation sites excluding steroid dienone is 1. The summed E-state index contributed by atoms with van der Waals surface area (Å²) >= 11 is 0. The zero-order valence-corrected chi connectivity index (χ0v) is 25.4. The van der Waals surface area contributed by atoms with Gasteiger partial charge in [0.25, 0.3) is 5.91 Å². The van der Waals surface area contributed by atoms with E-state index in [1.807, 2.05) is 56.3 Å². The molecule has 0 unspecified atom stereocenters. The van der Waals surface area contributed by atoms with Crippen LogP contribution in [0.1, 0.15) is 96.2 Å². The number of likely N-dealkylation sites (tertiary alicyclic amines) is 1. The Labute approximate surface area is 247 Å². The molecular weight excluding hydrogens is 510 g/mol. The van der Waals surface area contributed by atoms with Crippen molar-refractivity contribution in [2.24, 2.45) is 11.8 Å². The van der Waals surface area contributed by atoms with Crippen molar-refractivity contribution in [1.82, 2.24) is 15.5 Å². The molecule has 1 heterocycles. The Morgan fingerprint density at radius 2 is 1.37 bits per heavy atom. The third-order valence-corrected chi connectivity index (χ3v) is 8.28. The molecule has 222 valence electrons. The van der Waals surface area contributed by atoms with E-state index in [0.29, 0.717) is 18.0 Å². The Hall–Kier alpha value is -3.41. The molecule has 6 heteroatoms. The number of carbonyl (C=O) groups is 3. The largest absolute Gasteiger partial charge is 0.367 e. The average molecular weight is 560 g/mol. The van der Waals surface area contributed by atoms with Gasteiger partial charge in [-0.1, -0.05) is 99.8 Å². The van der Waals surface area contributed by atoms with Crippen LogP contribution in [0.25, 0.3) is 0 Å². The first-order chi connectivity index (χ1) is 19.8. The molecular formula is C35H49N3O3. The van der Waals surface area contributed by atoms with Gasteiger partial charge >= 0.3 is 0 Å². The lowest BCUT2D eigenvalue weighted by atomic mass is 9.92. The fourth-order valence-corrected chi connectivity index (χ4v) is 5.61. The molecule has 2 amide bonds. The first-order valence-corrected chi connectivity index (χ1v) is 15.4. The number of nitrogens with one attached hydrogen (secondary N) is 2. The molecule has 6 nitrogen and oxygen atoms in total. The molecule has 0 radical (unpaired) electrons. The van der Waals surface area contributed by atoms with Crippen molar-refractivity contribution in [2.75, 3.05) is 13.1 Å². The van der Waals surface area contributed by atoms with E-state index in [2.05, 4.69) is 46.7 Å². The Bertz CT molecular complexity index is 1090. The molecule has 0 saturated carbocycles. The van der Waals surface area contributed by atoms with E-state index in [9.17, 15) is 14.4 Å². The maximum Gasteiger partial charge on any atom is 0.267 e. The summed E-state index contributed by atoms with van der Waals surface area (Å²) < 4.78 is 0. The van der Waals surface area contributed by atoms with Gasteiger partial charge in [0.2, 0.25) is 5.91 Å². The minimum absolute atomic E-state index is 0.00687. The Kier molecular flexibility index (Phi) is 13.1. The van der Waals surface area contributed by atoms with E-state index >= 15 is 0 Å². The summed E-state index contributed by atoms with van der Waals surface area (Å²) in [4.78, 5) is 40.4. The van der Waals surface area contributed by atoms with Crippen LogP contribution >= 0.6 is 0 Å². The summed E-state index contributed by atoms with van der Waals surface area (Å²) in [5.74, 6) is 0.342. The zero-order chi connectivity index (χ0) is 29.6. The van der Waals surface area contributed by atoms with Crippen LogP contribution < -0.4 is 10.6 Å². The van der Waals surface area contributed by atoms with Crippen LogP contribution in [-0.4, -0.2) is 41.6 Å². The maximum absolute atomic E-state index is 13.2. The molecule has 0 aromatic heterocycles. The minimum Gasteiger partial charge on any atom is -0.367 e. The van der Waals surface area contributed by atoms with Crippen LogP contribution in [0.3, 0.4) is 0 Å². The number of hydrogen-bond donors (Lipinski definition) is 2. The Balaban J connectivity index is 1.41. The van der Waals surface area contributed by atoms with Crippen LogP contribution in [0, 0.1) is 11.8 Å². The molecule has 1 fully saturated rings. The normalized spacial score (nSPS) is 15.8. The van der Waals surface area contributed by atoms with Crippen LogP contribution in [0.4, 0.5) is 0 Å². The van der Waals surface area contributed by atoms with Gasteiger partial charge in [0, 0.05) is 19.0 Å². The van der Waals surface area contributed by atoms with Crippen LogP contribution in [-0.2, 0) is 14.4 Å². The lowest BCUT2D eigenvalue weighted by Crippen LogP contribution is -2.43. The molecule has 3 rings (SSSR count). The number of ketones is 1. The van der Waals surface area contributed by atoms with Crippen molar-refractivity contribution >= 4 is 17.6 Å². The molecule has 2 aromatic carbocycles. The summed E-state index contributed by atoms with van der Waals surface area (Å²) in [6, 6.07) is 19.6. The van der Waals surface area contributed by atoms with Crippen molar-refractivity contribution in [2.45, 2.75) is 91.1 Å². The highest BCUT2D eigenvalue weighted by Gasteiger charge is 2.24. The minimum atomic E-state index is -0.443. The maximum atomic E-state index is 13.2. The van der Waals surface area contributed by atoms with E-state index in [4.69, 9.17) is 0 Å². The number of carbonyl (C=O) groups excluding carboxylic acids is 3. The number of unbranched alkanes of at least 4 members (excludes halogenated alkanes) is 1. The summed E-state index contributed by atoms with van der Waals surface area (Å²) in [7, 11) is 0. The van der Waals surface area contributed by atoms with Gasteiger partial charge in [-0.25, -0.2) is 0 Å². The quantitative estimate of drug-likeness (QED) is 0.180. The highest BCUT2D eigenvalue weighted by atomic mass is 16.2. The second-order valence-electron chi connectivity index (χ2n) is 11.6. The third-order valence-electron chi connectivity index (χ3n) is 8.28. The zero-order valence-electron chi connectivity index (χ0n) is 25.4. The molecule has 41 heavy (non-hydrogen) atoms. The molecule has 0 spiro atoms. The van der Waals surface area contributed by atoms with Gasteiger partial charge in [-0.05, 0) is 63.0 Å². The van der Waals surface area contributed by atoms with Crippen molar-refractivity contribution in [3.63, 3.8) is 0 Å². The van der Waals surface area contributed by atoms with Gasteiger partial charge in [-0.2, -0.15) is 0 Å². The average Bonchev–Trinajstić information content (AvgIpc) is 3.51. The summed E-state index contributed by atoms with van der Waals surface area (Å²) in [5, 5.41) is 6.26. The highest BCUT2D eigenvalue weighted by molar-refractivity contribution is 5.96. The molecule has 0 aliphatic carbocycles. The van der Waals surface area contributed by atoms with E-state index in [-0.39, 0.29) is 29.6 Å². The Morgan fingerprint density at radius 3 is 1.90 bits per heavy atom. The summed E-state index contributed by atoms with van der Waals surface area (Å²) in [6.07, 6.45) is 9.44. The number of benzene rings is 2. The molecule has 2 N–H and O–H groups in total. The van der Waals surface area contributed by atoms with Crippen molar-refractivity contribution in [1.29, 1.82) is 0 Å². The van der Waals surface area contributed by atoms with E-state index < -0.39 is 6.04 Å². The van der Waals surface area contributed by atoms with Gasteiger partial charge in [0.05, 0.1) is 17.8 Å². The van der Waals surface area contributed by atoms with Crippen LogP contribution in [0.2, 0.25) is 0 Å². The van der Waals surface area contributed by atoms with Crippen LogP contribution in [0.5, 0.6) is 0 Å². The van der Waals surface area contributed by atoms with Gasteiger partial charge in [0.15, 0.2) is 5.78 Å². The third kappa shape index (κ3) is 10.2. The summed E-state index contributed by atoms with van der Waals surface area (Å²) in [5.41, 5.74) is 2.83. The lowest BCUT2D eigenvalue weighted by molar-refractivity contribution is -0.125. The molecule has 1 aliphatic rings. The number of Topliss-reactive ketones (excluding diaryl/α,β-unsaturated/α-hetero) is 1. The summed E-state index contributed by atoms with van der Waals surface area (Å²) in [6.45, 7) is 9.49. The fraction of sp³-hybridized carbons (Fsp3) is 0.514. The first-order valence-electron chi connectivity index (χ1n) is 15.4. The molecule has 0 bridgehead atoms. The lowest BCUT2D eigenvalue weighted by Gasteiger charge is -2.23. The van der Waals surface area contributed by atoms with Crippen molar-refractivity contribution in [3.8, 4) is 0 Å². The van der Waals surface area contributed by atoms with Crippen LogP contribution in [0.15, 0.2) is 72.4 Å². The standard InChI is InChI=1S/C35H49N3O3/c1-5-32(38-24-14-15-25-38)35(41)36-31(28(4)39)21-13-12-16-26(2)22-23-27(3)34(40)37-33(29-17-8-6-9-18-29)30-19-10-7-11-20-30/h5-11,17-20,26-27,31,33H,12-16,21-25H2,1-4H3,(H,36,41)(H,37,40)/b32-5-/t26-,27-,31-/m0/s1. The predicted molar refractivity (Wildman–Crippen MR) is 166 cm³/mol. The van der Waals surface area contributed by atoms with Gasteiger partial charge in [0.1, 0.15) is 0 Å². The number of rotatable bonds is 16. The SMILES string of the molecule is C/C=C(/C(=O)N[C@@H](CCCC[C@H](C)CC[C@H](C)C(=O)NC(c1ccccc1)c1ccccc1)C(C)=O)N1CCCC1. The fourth-order valence-electron chi connectivity index (χ4n) is 5.61. The molecule has 2 aromatic rings. The van der Waals surface area contributed by atoms with Gasteiger partial charge in [-0.15, -0.1) is 0 Å². The predicted octanol–water partition coefficient (Wildman–Crippen LogP) is 6.58. The smallest absolute Gasteiger partial charge is 0.267 e. The second kappa shape index (κ2) is 16.8. The number of nitrogens with zero attached hydrogens (tertiary/aromatic N) is 1. The van der Waals surface area contributed by atoms with Crippen molar-refractivity contribution in [3.05, 3.63) is 83.6 Å². The van der Waals surface area contributed by atoms with E-state index in [0.717, 1.165) is 69.2 Å².